The number of carbonyl (C=O) groups excluding carboxylic acids is 1. The van der Waals surface area contributed by atoms with E-state index < -0.39 is 11.5 Å². The van der Waals surface area contributed by atoms with Crippen molar-refractivity contribution in [3.8, 4) is 0 Å². The minimum absolute atomic E-state index is 0.000718. The fourth-order valence-corrected chi connectivity index (χ4v) is 2.92. The van der Waals surface area contributed by atoms with Gasteiger partial charge in [0.1, 0.15) is 5.54 Å². The Kier molecular flexibility index (Phi) is 5.22. The molecule has 0 spiro atoms. The number of rotatable bonds is 5. The van der Waals surface area contributed by atoms with Gasteiger partial charge < -0.3 is 10.0 Å². The Labute approximate surface area is 122 Å². The third-order valence-electron chi connectivity index (χ3n) is 4.81. The van der Waals surface area contributed by atoms with Crippen LogP contribution in [0, 0.1) is 11.3 Å². The third-order valence-corrected chi connectivity index (χ3v) is 4.81. The van der Waals surface area contributed by atoms with Gasteiger partial charge in [0.2, 0.25) is 5.91 Å². The van der Waals surface area contributed by atoms with Crippen molar-refractivity contribution >= 4 is 11.9 Å². The molecule has 2 unspecified atom stereocenters. The van der Waals surface area contributed by atoms with Crippen LogP contribution in [-0.4, -0.2) is 34.0 Å². The van der Waals surface area contributed by atoms with E-state index in [0.717, 1.165) is 12.8 Å². The number of carbonyl (C=O) groups is 2. The molecule has 116 valence electrons. The molecule has 1 saturated heterocycles. The maximum atomic E-state index is 12.6. The topological polar surface area (TPSA) is 57.6 Å². The van der Waals surface area contributed by atoms with Crippen molar-refractivity contribution in [1.82, 2.24) is 4.90 Å². The molecule has 20 heavy (non-hydrogen) atoms. The standard InChI is InChI=1S/C16H29NO3/c1-6-8-16(14(19)20)9-7-10-17(16)13(18)11-12(2)15(3,4)5/h12H,6-11H2,1-5H3,(H,19,20). The first-order chi connectivity index (χ1) is 9.15. The highest BCUT2D eigenvalue weighted by Crippen LogP contribution is 2.36. The van der Waals surface area contributed by atoms with E-state index in [1.54, 1.807) is 4.90 Å². The Hall–Kier alpha value is -1.06. The molecule has 0 bridgehead atoms. The van der Waals surface area contributed by atoms with Crippen molar-refractivity contribution in [1.29, 1.82) is 0 Å². The van der Waals surface area contributed by atoms with Gasteiger partial charge >= 0.3 is 5.97 Å². The second-order valence-electron chi connectivity index (χ2n) is 7.21. The number of likely N-dealkylation sites (tertiary alicyclic amines) is 1. The lowest BCUT2D eigenvalue weighted by atomic mass is 9.79. The highest BCUT2D eigenvalue weighted by Gasteiger charge is 2.49. The monoisotopic (exact) mass is 283 g/mol. The fraction of sp³-hybridized carbons (Fsp3) is 0.875. The first kappa shape index (κ1) is 17.0. The second-order valence-corrected chi connectivity index (χ2v) is 7.21. The number of hydrogen-bond acceptors (Lipinski definition) is 2. The zero-order valence-corrected chi connectivity index (χ0v) is 13.5. The average molecular weight is 283 g/mol. The first-order valence-electron chi connectivity index (χ1n) is 7.69. The Morgan fingerprint density at radius 3 is 2.40 bits per heavy atom. The van der Waals surface area contributed by atoms with E-state index in [-0.39, 0.29) is 17.2 Å². The van der Waals surface area contributed by atoms with Crippen LogP contribution >= 0.6 is 0 Å². The molecule has 1 aliphatic heterocycles. The second kappa shape index (κ2) is 6.15. The van der Waals surface area contributed by atoms with Crippen molar-refractivity contribution in [3.63, 3.8) is 0 Å². The minimum atomic E-state index is -0.955. The number of nitrogens with zero attached hydrogens (tertiary/aromatic N) is 1. The molecule has 1 fully saturated rings. The normalized spacial score (nSPS) is 24.8. The molecule has 1 aliphatic rings. The molecule has 0 aromatic rings. The summed E-state index contributed by atoms with van der Waals surface area (Å²) >= 11 is 0. The summed E-state index contributed by atoms with van der Waals surface area (Å²) in [5, 5.41) is 9.61. The van der Waals surface area contributed by atoms with Crippen molar-refractivity contribution in [3.05, 3.63) is 0 Å². The Morgan fingerprint density at radius 1 is 1.35 bits per heavy atom. The van der Waals surface area contributed by atoms with Crippen LogP contribution in [0.1, 0.15) is 66.7 Å². The van der Waals surface area contributed by atoms with Crippen LogP contribution in [0.25, 0.3) is 0 Å². The van der Waals surface area contributed by atoms with Gasteiger partial charge in [-0.25, -0.2) is 4.79 Å². The van der Waals surface area contributed by atoms with Crippen molar-refractivity contribution in [2.45, 2.75) is 72.3 Å². The molecule has 0 saturated carbocycles. The maximum absolute atomic E-state index is 12.6. The smallest absolute Gasteiger partial charge is 0.329 e. The predicted molar refractivity (Wildman–Crippen MR) is 79.5 cm³/mol. The lowest BCUT2D eigenvalue weighted by Gasteiger charge is -2.36. The summed E-state index contributed by atoms with van der Waals surface area (Å²) < 4.78 is 0. The maximum Gasteiger partial charge on any atom is 0.329 e. The van der Waals surface area contributed by atoms with E-state index in [1.807, 2.05) is 6.92 Å². The molecule has 2 atom stereocenters. The van der Waals surface area contributed by atoms with Crippen LogP contribution in [0.3, 0.4) is 0 Å². The van der Waals surface area contributed by atoms with Gasteiger partial charge in [-0.05, 0) is 30.6 Å². The molecule has 1 rings (SSSR count). The van der Waals surface area contributed by atoms with Gasteiger partial charge in [-0.3, -0.25) is 4.79 Å². The van der Waals surface area contributed by atoms with Gasteiger partial charge in [0.25, 0.3) is 0 Å². The molecular formula is C16H29NO3. The van der Waals surface area contributed by atoms with Crippen molar-refractivity contribution in [2.75, 3.05) is 6.54 Å². The Bertz CT molecular complexity index is 372. The molecule has 1 N–H and O–H groups in total. The summed E-state index contributed by atoms with van der Waals surface area (Å²) in [5.74, 6) is -0.599. The fourth-order valence-electron chi connectivity index (χ4n) is 2.92. The molecule has 0 aliphatic carbocycles. The summed E-state index contributed by atoms with van der Waals surface area (Å²) in [5.41, 5.74) is -0.893. The summed E-state index contributed by atoms with van der Waals surface area (Å²) in [6, 6.07) is 0. The highest BCUT2D eigenvalue weighted by molar-refractivity contribution is 5.87. The van der Waals surface area contributed by atoms with E-state index >= 15 is 0 Å². The number of hydrogen-bond donors (Lipinski definition) is 1. The molecular weight excluding hydrogens is 254 g/mol. The summed E-state index contributed by atoms with van der Waals surface area (Å²) in [6.07, 6.45) is 3.15. The van der Waals surface area contributed by atoms with Gasteiger partial charge in [0.05, 0.1) is 0 Å². The number of carboxylic acids is 1. The van der Waals surface area contributed by atoms with Crippen LogP contribution in [0.2, 0.25) is 0 Å². The minimum Gasteiger partial charge on any atom is -0.479 e. The zero-order chi connectivity index (χ0) is 15.6. The SMILES string of the molecule is CCCC1(C(=O)O)CCCN1C(=O)CC(C)C(C)(C)C. The van der Waals surface area contributed by atoms with E-state index in [4.69, 9.17) is 0 Å². The molecule has 4 heteroatoms. The molecule has 4 nitrogen and oxygen atoms in total. The van der Waals surface area contributed by atoms with Crippen LogP contribution in [0.4, 0.5) is 0 Å². The Morgan fingerprint density at radius 2 is 1.95 bits per heavy atom. The van der Waals surface area contributed by atoms with Crippen molar-refractivity contribution < 1.29 is 14.7 Å². The van der Waals surface area contributed by atoms with E-state index in [9.17, 15) is 14.7 Å². The van der Waals surface area contributed by atoms with E-state index in [2.05, 4.69) is 27.7 Å². The third kappa shape index (κ3) is 3.33. The van der Waals surface area contributed by atoms with Crippen LogP contribution in [-0.2, 0) is 9.59 Å². The summed E-state index contributed by atoms with van der Waals surface area (Å²) in [7, 11) is 0. The van der Waals surface area contributed by atoms with Crippen LogP contribution in [0.5, 0.6) is 0 Å². The predicted octanol–water partition coefficient (Wildman–Crippen LogP) is 3.30. The number of carboxylic acid groups (broad SMARTS) is 1. The highest BCUT2D eigenvalue weighted by atomic mass is 16.4. The lowest BCUT2D eigenvalue weighted by molar-refractivity contribution is -0.157. The molecule has 1 heterocycles. The number of amides is 1. The van der Waals surface area contributed by atoms with Crippen LogP contribution < -0.4 is 0 Å². The molecule has 0 radical (unpaired) electrons. The van der Waals surface area contributed by atoms with Gasteiger partial charge in [-0.15, -0.1) is 0 Å². The Balaban J connectivity index is 2.88. The molecule has 0 aromatic heterocycles. The van der Waals surface area contributed by atoms with E-state index in [0.29, 0.717) is 25.8 Å². The van der Waals surface area contributed by atoms with Gasteiger partial charge in [-0.1, -0.05) is 41.0 Å². The number of aliphatic carboxylic acids is 1. The van der Waals surface area contributed by atoms with Gasteiger partial charge in [0, 0.05) is 13.0 Å². The van der Waals surface area contributed by atoms with Crippen molar-refractivity contribution in [2.24, 2.45) is 11.3 Å². The van der Waals surface area contributed by atoms with E-state index in [1.165, 1.54) is 0 Å². The summed E-state index contributed by atoms with van der Waals surface area (Å²) in [4.78, 5) is 25.9. The average Bonchev–Trinajstić information content (AvgIpc) is 2.73. The lowest BCUT2D eigenvalue weighted by Crippen LogP contribution is -2.53. The quantitative estimate of drug-likeness (QED) is 0.842. The molecule has 0 aromatic carbocycles. The van der Waals surface area contributed by atoms with Gasteiger partial charge in [0.15, 0.2) is 0 Å². The van der Waals surface area contributed by atoms with Gasteiger partial charge in [-0.2, -0.15) is 0 Å². The zero-order valence-electron chi connectivity index (χ0n) is 13.5. The largest absolute Gasteiger partial charge is 0.479 e. The summed E-state index contributed by atoms with van der Waals surface area (Å²) in [6.45, 7) is 11.0. The van der Waals surface area contributed by atoms with Crippen LogP contribution in [0.15, 0.2) is 0 Å². The first-order valence-corrected chi connectivity index (χ1v) is 7.69. The molecule has 1 amide bonds.